The Labute approximate surface area is 171 Å². The number of nitro groups is 1. The second-order valence-corrected chi connectivity index (χ2v) is 6.90. The summed E-state index contributed by atoms with van der Waals surface area (Å²) in [6.07, 6.45) is 2.60. The minimum Gasteiger partial charge on any atom is -0.494 e. The highest BCUT2D eigenvalue weighted by molar-refractivity contribution is 5.94. The van der Waals surface area contributed by atoms with Gasteiger partial charge in [-0.1, -0.05) is 6.07 Å². The number of aliphatic carboxylic acids is 1. The molecule has 2 aromatic rings. The number of amides is 1. The van der Waals surface area contributed by atoms with Crippen LogP contribution in [0.2, 0.25) is 0 Å². The molecule has 9 nitrogen and oxygen atoms in total. The van der Waals surface area contributed by atoms with Gasteiger partial charge in [0.05, 0.1) is 24.5 Å². The number of nitrogens with zero attached hydrogens (tertiary/aromatic N) is 3. The van der Waals surface area contributed by atoms with Crippen molar-refractivity contribution in [2.45, 2.75) is 25.9 Å². The van der Waals surface area contributed by atoms with Gasteiger partial charge in [0.25, 0.3) is 5.91 Å². The molecular weight excluding hydrogens is 397 g/mol. The van der Waals surface area contributed by atoms with Gasteiger partial charge in [-0.3, -0.25) is 19.7 Å². The van der Waals surface area contributed by atoms with E-state index >= 15 is 0 Å². The van der Waals surface area contributed by atoms with Crippen molar-refractivity contribution in [2.75, 3.05) is 13.7 Å². The lowest BCUT2D eigenvalue weighted by Crippen LogP contribution is -2.43. The van der Waals surface area contributed by atoms with Crippen LogP contribution in [0.15, 0.2) is 36.2 Å². The number of carboxylic acid groups (broad SMARTS) is 1. The smallest absolute Gasteiger partial charge is 0.305 e. The molecule has 158 valence electrons. The number of hydrogen-bond donors (Lipinski definition) is 1. The lowest BCUT2D eigenvalue weighted by molar-refractivity contribution is -0.422. The summed E-state index contributed by atoms with van der Waals surface area (Å²) in [7, 11) is 1.32. The zero-order valence-electron chi connectivity index (χ0n) is 16.4. The Morgan fingerprint density at radius 2 is 2.13 bits per heavy atom. The number of allylic oxidation sites excluding steroid dienone is 1. The molecule has 30 heavy (non-hydrogen) atoms. The lowest BCUT2D eigenvalue weighted by Gasteiger charge is -2.35. The van der Waals surface area contributed by atoms with Crippen molar-refractivity contribution in [3.63, 3.8) is 0 Å². The molecule has 2 heterocycles. The van der Waals surface area contributed by atoms with Crippen molar-refractivity contribution in [1.29, 1.82) is 0 Å². The molecule has 1 aromatic heterocycles. The van der Waals surface area contributed by atoms with E-state index in [0.717, 1.165) is 0 Å². The predicted octanol–water partition coefficient (Wildman–Crippen LogP) is 2.95. The van der Waals surface area contributed by atoms with Gasteiger partial charge in [0, 0.05) is 32.3 Å². The van der Waals surface area contributed by atoms with Crippen LogP contribution in [0.1, 0.15) is 41.0 Å². The molecule has 0 fully saturated rings. The number of carboxylic acids is 1. The Bertz CT molecular complexity index is 1050. The molecule has 1 N–H and O–H groups in total. The number of halogens is 1. The van der Waals surface area contributed by atoms with E-state index in [9.17, 15) is 29.2 Å². The number of benzene rings is 1. The average Bonchev–Trinajstić information content (AvgIpc) is 3.10. The molecule has 0 saturated heterocycles. The van der Waals surface area contributed by atoms with E-state index in [1.54, 1.807) is 10.8 Å². The van der Waals surface area contributed by atoms with E-state index in [1.807, 2.05) is 0 Å². The SMILES string of the molecule is COc1ccc(C(CC(=O)O)N2CCn3cc(C=C(C)[N+](=O)[O-])cc3C2=O)cc1F. The first-order valence-corrected chi connectivity index (χ1v) is 9.10. The monoisotopic (exact) mass is 417 g/mol. The van der Waals surface area contributed by atoms with Gasteiger partial charge in [0.15, 0.2) is 11.6 Å². The van der Waals surface area contributed by atoms with Crippen molar-refractivity contribution in [2.24, 2.45) is 0 Å². The van der Waals surface area contributed by atoms with Gasteiger partial charge in [-0.05, 0) is 29.3 Å². The van der Waals surface area contributed by atoms with E-state index in [-0.39, 0.29) is 23.7 Å². The summed E-state index contributed by atoms with van der Waals surface area (Å²) in [6, 6.07) is 4.74. The highest BCUT2D eigenvalue weighted by atomic mass is 19.1. The van der Waals surface area contributed by atoms with Gasteiger partial charge >= 0.3 is 5.97 Å². The Balaban J connectivity index is 1.95. The summed E-state index contributed by atoms with van der Waals surface area (Å²) in [5, 5.41) is 20.2. The molecule has 0 radical (unpaired) electrons. The second-order valence-electron chi connectivity index (χ2n) is 6.90. The minimum atomic E-state index is -1.13. The fourth-order valence-corrected chi connectivity index (χ4v) is 3.49. The summed E-state index contributed by atoms with van der Waals surface area (Å²) in [5.74, 6) is -2.19. The van der Waals surface area contributed by atoms with Crippen LogP contribution < -0.4 is 4.74 Å². The van der Waals surface area contributed by atoms with Gasteiger partial charge in [-0.15, -0.1) is 0 Å². The largest absolute Gasteiger partial charge is 0.494 e. The molecule has 0 bridgehead atoms. The highest BCUT2D eigenvalue weighted by Gasteiger charge is 2.33. The first-order chi connectivity index (χ1) is 14.2. The van der Waals surface area contributed by atoms with E-state index < -0.39 is 35.1 Å². The Hall–Kier alpha value is -3.69. The van der Waals surface area contributed by atoms with Crippen LogP contribution in [0.5, 0.6) is 5.75 Å². The zero-order valence-corrected chi connectivity index (χ0v) is 16.4. The fraction of sp³-hybridized carbons (Fsp3) is 0.300. The maximum Gasteiger partial charge on any atom is 0.305 e. The van der Waals surface area contributed by atoms with Crippen molar-refractivity contribution < 1.29 is 28.7 Å². The number of carbonyl (C=O) groups excluding carboxylic acids is 1. The number of hydrogen-bond acceptors (Lipinski definition) is 5. The summed E-state index contributed by atoms with van der Waals surface area (Å²) in [4.78, 5) is 36.2. The molecular formula is C20H20FN3O6. The van der Waals surface area contributed by atoms with Gasteiger partial charge in [0.2, 0.25) is 5.70 Å². The van der Waals surface area contributed by atoms with E-state index in [2.05, 4.69) is 0 Å². The molecule has 1 amide bonds. The third-order valence-electron chi connectivity index (χ3n) is 4.95. The summed E-state index contributed by atoms with van der Waals surface area (Å²) in [5.41, 5.74) is 1.06. The van der Waals surface area contributed by atoms with Gasteiger partial charge in [0.1, 0.15) is 5.69 Å². The van der Waals surface area contributed by atoms with Crippen LogP contribution in [0.3, 0.4) is 0 Å². The molecule has 1 aliphatic heterocycles. The van der Waals surface area contributed by atoms with Crippen molar-refractivity contribution in [1.82, 2.24) is 9.47 Å². The second kappa shape index (κ2) is 8.36. The number of aromatic nitrogens is 1. The molecule has 1 aliphatic rings. The molecule has 3 rings (SSSR count). The van der Waals surface area contributed by atoms with Gasteiger partial charge in [-0.25, -0.2) is 4.39 Å². The number of rotatable bonds is 7. The van der Waals surface area contributed by atoms with Crippen LogP contribution in [0, 0.1) is 15.9 Å². The molecule has 0 saturated carbocycles. The summed E-state index contributed by atoms with van der Waals surface area (Å²) >= 11 is 0. The maximum absolute atomic E-state index is 14.2. The van der Waals surface area contributed by atoms with Crippen molar-refractivity contribution in [3.05, 3.63) is 68.9 Å². The van der Waals surface area contributed by atoms with Crippen LogP contribution in [-0.2, 0) is 11.3 Å². The van der Waals surface area contributed by atoms with Gasteiger partial charge < -0.3 is 19.3 Å². The topological polar surface area (TPSA) is 115 Å². The zero-order chi connectivity index (χ0) is 22.0. The lowest BCUT2D eigenvalue weighted by atomic mass is 10.00. The number of carbonyl (C=O) groups is 2. The highest BCUT2D eigenvalue weighted by Crippen LogP contribution is 2.31. The predicted molar refractivity (Wildman–Crippen MR) is 104 cm³/mol. The Morgan fingerprint density at radius 1 is 1.40 bits per heavy atom. The number of ether oxygens (including phenoxy) is 1. The summed E-state index contributed by atoms with van der Waals surface area (Å²) in [6.45, 7) is 1.94. The quantitative estimate of drug-likeness (QED) is 0.547. The minimum absolute atomic E-state index is 0.0178. The van der Waals surface area contributed by atoms with Crippen molar-refractivity contribution >= 4 is 18.0 Å². The standard InChI is InChI=1S/C20H20FN3O6/c1-12(24(28)29)7-13-8-17-20(27)23(6-5-22(17)11-13)16(10-19(25)26)14-3-4-18(30-2)15(21)9-14/h3-4,7-9,11,16H,5-6,10H2,1-2H3,(H,25,26). The molecule has 10 heteroatoms. The van der Waals surface area contributed by atoms with Crippen LogP contribution in [-0.4, -0.2) is 45.0 Å². The third kappa shape index (κ3) is 4.17. The summed E-state index contributed by atoms with van der Waals surface area (Å²) < 4.78 is 20.8. The molecule has 1 unspecified atom stereocenters. The maximum atomic E-state index is 14.2. The Kier molecular flexibility index (Phi) is 5.86. The first kappa shape index (κ1) is 21.0. The molecule has 0 aliphatic carbocycles. The molecule has 0 spiro atoms. The van der Waals surface area contributed by atoms with Gasteiger partial charge in [-0.2, -0.15) is 0 Å². The fourth-order valence-electron chi connectivity index (χ4n) is 3.49. The van der Waals surface area contributed by atoms with E-state index in [0.29, 0.717) is 17.7 Å². The van der Waals surface area contributed by atoms with E-state index in [1.165, 1.54) is 49.3 Å². The number of methoxy groups -OCH3 is 1. The van der Waals surface area contributed by atoms with Crippen LogP contribution in [0.4, 0.5) is 4.39 Å². The Morgan fingerprint density at radius 3 is 2.73 bits per heavy atom. The van der Waals surface area contributed by atoms with Crippen LogP contribution in [0.25, 0.3) is 6.08 Å². The third-order valence-corrected chi connectivity index (χ3v) is 4.95. The van der Waals surface area contributed by atoms with Crippen molar-refractivity contribution in [3.8, 4) is 5.75 Å². The average molecular weight is 417 g/mol. The molecule has 1 aromatic carbocycles. The molecule has 1 atom stereocenters. The first-order valence-electron chi connectivity index (χ1n) is 9.10. The van der Waals surface area contributed by atoms with E-state index in [4.69, 9.17) is 4.74 Å². The normalized spacial score (nSPS) is 15.0. The number of fused-ring (bicyclic) bond motifs is 1. The van der Waals surface area contributed by atoms with Crippen LogP contribution >= 0.6 is 0 Å².